The van der Waals surface area contributed by atoms with Crippen LogP contribution in [0.1, 0.15) is 96.9 Å². The van der Waals surface area contributed by atoms with Crippen molar-refractivity contribution < 1.29 is 69.3 Å². The van der Waals surface area contributed by atoms with Crippen LogP contribution in [0.5, 0.6) is 0 Å². The van der Waals surface area contributed by atoms with E-state index < -0.39 is 80.3 Å². The number of rotatable bonds is 18. The highest BCUT2D eigenvalue weighted by Gasteiger charge is 2.27. The SMILES string of the molecule is CC1=C(CCC(=O)O)c2cc3nc(cc4[nH]c(cc5[nH]c(cc1n2)c(CC(=O)O)c5CCC(=O)O)c(CCC(=O)O)c4CC(=O)O)C(CCC(=O)O)=C3CC(=O)O. The molecule has 2 aliphatic heterocycles. The monoisotopic (exact) mass is 786 g/mol. The molecule has 0 radical (unpaired) electrons. The number of nitrogens with zero attached hydrogens (tertiary/aromatic N) is 2. The van der Waals surface area contributed by atoms with Gasteiger partial charge in [0.25, 0.3) is 0 Å². The summed E-state index contributed by atoms with van der Waals surface area (Å²) in [6, 6.07) is 5.90. The fraction of sp³-hybridized carbons (Fsp3) is 0.308. The summed E-state index contributed by atoms with van der Waals surface area (Å²) in [5.74, 6) is -8.48. The standard InChI is InChI=1S/C39H38N4O14/c1-17-18(2-6-33(44)45)26-14-31-23(11-38(54)55)21(5-9-36(50)51)29(43-31)16-32-24(12-39(56)57)20(4-8-35(48)49)28(42-32)15-27-19(3-7-34(46)47)22(10-37(52)53)30(41-27)13-25(17)40-26/h13-16,41-42H,2-12H2,1H3,(H,44,45)(H,46,47)(H,48,49)(H,50,51)(H,52,53)(H,54,55)(H,56,57). The maximum atomic E-state index is 12.3. The first-order valence-corrected chi connectivity index (χ1v) is 17.6. The Morgan fingerprint density at radius 1 is 0.421 bits per heavy atom. The number of carboxylic acids is 7. The van der Waals surface area contributed by atoms with Crippen molar-refractivity contribution in [2.45, 2.75) is 77.6 Å². The number of hydrogen-bond acceptors (Lipinski definition) is 9. The van der Waals surface area contributed by atoms with Gasteiger partial charge in [0.15, 0.2) is 0 Å². The maximum Gasteiger partial charge on any atom is 0.307 e. The van der Waals surface area contributed by atoms with Crippen LogP contribution < -0.4 is 0 Å². The second-order valence-corrected chi connectivity index (χ2v) is 13.5. The van der Waals surface area contributed by atoms with E-state index in [0.717, 1.165) is 0 Å². The first kappa shape index (κ1) is 41.1. The molecule has 8 bridgehead atoms. The van der Waals surface area contributed by atoms with Gasteiger partial charge < -0.3 is 45.7 Å². The van der Waals surface area contributed by atoms with Gasteiger partial charge in [-0.3, -0.25) is 33.6 Å². The van der Waals surface area contributed by atoms with Crippen molar-refractivity contribution >= 4 is 86.1 Å². The molecule has 18 heteroatoms. The minimum atomic E-state index is -1.29. The minimum absolute atomic E-state index is 0.0219. The summed E-state index contributed by atoms with van der Waals surface area (Å²) >= 11 is 0. The van der Waals surface area contributed by atoms with Gasteiger partial charge in [-0.1, -0.05) is 0 Å². The van der Waals surface area contributed by atoms with Crippen molar-refractivity contribution in [2.24, 2.45) is 0 Å². The lowest BCUT2D eigenvalue weighted by molar-refractivity contribution is -0.138. The predicted octanol–water partition coefficient (Wildman–Crippen LogP) is 4.65. The number of aromatic nitrogens is 4. The van der Waals surface area contributed by atoms with Crippen molar-refractivity contribution in [3.8, 4) is 0 Å². The third kappa shape index (κ3) is 9.77. The van der Waals surface area contributed by atoms with Crippen LogP contribution >= 0.6 is 0 Å². The highest BCUT2D eigenvalue weighted by atomic mass is 16.4. The Kier molecular flexibility index (Phi) is 12.3. The number of fused-ring (bicyclic) bond motifs is 8. The summed E-state index contributed by atoms with van der Waals surface area (Å²) in [5.41, 5.74) is 3.68. The summed E-state index contributed by atoms with van der Waals surface area (Å²) < 4.78 is 0. The van der Waals surface area contributed by atoms with E-state index in [1.54, 1.807) is 6.92 Å². The molecular formula is C39H38N4O14. The van der Waals surface area contributed by atoms with E-state index in [2.05, 4.69) is 9.97 Å². The molecule has 0 saturated heterocycles. The molecule has 5 rings (SSSR count). The van der Waals surface area contributed by atoms with Gasteiger partial charge >= 0.3 is 41.8 Å². The number of aryl methyl sites for hydroxylation is 2. The zero-order chi connectivity index (χ0) is 41.7. The average Bonchev–Trinajstić information content (AvgIpc) is 3.77. The largest absolute Gasteiger partial charge is 0.481 e. The van der Waals surface area contributed by atoms with Gasteiger partial charge in [-0.25, -0.2) is 9.97 Å². The molecule has 0 fully saturated rings. The Labute approximate surface area is 321 Å². The molecule has 0 atom stereocenters. The molecule has 57 heavy (non-hydrogen) atoms. The minimum Gasteiger partial charge on any atom is -0.481 e. The van der Waals surface area contributed by atoms with Gasteiger partial charge in [-0.15, -0.1) is 0 Å². The van der Waals surface area contributed by atoms with Crippen LogP contribution in [0.15, 0.2) is 24.3 Å². The first-order valence-electron chi connectivity index (χ1n) is 17.6. The van der Waals surface area contributed by atoms with Crippen LogP contribution in [0.2, 0.25) is 0 Å². The Morgan fingerprint density at radius 3 is 1.25 bits per heavy atom. The summed E-state index contributed by atoms with van der Waals surface area (Å²) in [7, 11) is 0. The van der Waals surface area contributed by atoms with Gasteiger partial charge in [0.05, 0.1) is 42.0 Å². The number of hydrogen-bond donors (Lipinski definition) is 9. The molecule has 18 nitrogen and oxygen atoms in total. The van der Waals surface area contributed by atoms with Crippen molar-refractivity contribution in [3.05, 3.63) is 69.3 Å². The molecule has 5 heterocycles. The van der Waals surface area contributed by atoms with E-state index in [-0.39, 0.29) is 105 Å². The van der Waals surface area contributed by atoms with Crippen molar-refractivity contribution in [1.29, 1.82) is 0 Å². The molecular weight excluding hydrogens is 748 g/mol. The third-order valence-electron chi connectivity index (χ3n) is 9.64. The molecule has 0 unspecified atom stereocenters. The summed E-state index contributed by atoms with van der Waals surface area (Å²) in [4.78, 5) is 99.6. The number of carbonyl (C=O) groups is 7. The molecule has 0 spiro atoms. The number of aromatic amines is 2. The van der Waals surface area contributed by atoms with Gasteiger partial charge in [0.2, 0.25) is 0 Å². The average molecular weight is 787 g/mol. The van der Waals surface area contributed by atoms with Crippen LogP contribution in [0.3, 0.4) is 0 Å². The Bertz CT molecular complexity index is 2470. The van der Waals surface area contributed by atoms with E-state index in [1.165, 1.54) is 24.3 Å². The Morgan fingerprint density at radius 2 is 0.789 bits per heavy atom. The number of allylic oxidation sites excluding steroid dienone is 3. The van der Waals surface area contributed by atoms with E-state index >= 15 is 0 Å². The van der Waals surface area contributed by atoms with E-state index in [1.807, 2.05) is 0 Å². The fourth-order valence-electron chi connectivity index (χ4n) is 7.13. The highest BCUT2D eigenvalue weighted by molar-refractivity contribution is 6.01. The lowest BCUT2D eigenvalue weighted by atomic mass is 9.96. The molecule has 3 aromatic rings. The molecule has 0 aliphatic carbocycles. The molecule has 298 valence electrons. The smallest absolute Gasteiger partial charge is 0.307 e. The molecule has 2 aliphatic rings. The molecule has 9 N–H and O–H groups in total. The number of aliphatic carboxylic acids is 7. The zero-order valence-corrected chi connectivity index (χ0v) is 30.5. The van der Waals surface area contributed by atoms with Gasteiger partial charge in [-0.2, -0.15) is 0 Å². The Hall–Kier alpha value is -7.11. The van der Waals surface area contributed by atoms with Gasteiger partial charge in [0, 0.05) is 47.8 Å². The second kappa shape index (κ2) is 17.1. The molecule has 0 saturated carbocycles. The number of nitrogens with one attached hydrogen (secondary N) is 2. The predicted molar refractivity (Wildman–Crippen MR) is 201 cm³/mol. The van der Waals surface area contributed by atoms with Crippen molar-refractivity contribution in [1.82, 2.24) is 19.9 Å². The van der Waals surface area contributed by atoms with Crippen LogP contribution in [0.4, 0.5) is 0 Å². The van der Waals surface area contributed by atoms with E-state index in [9.17, 15) is 69.3 Å². The number of carboxylic acid groups (broad SMARTS) is 7. The van der Waals surface area contributed by atoms with Crippen LogP contribution in [-0.4, -0.2) is 97.5 Å². The molecule has 0 amide bonds. The fourth-order valence-corrected chi connectivity index (χ4v) is 7.13. The van der Waals surface area contributed by atoms with Crippen molar-refractivity contribution in [3.63, 3.8) is 0 Å². The molecule has 0 aromatic carbocycles. The quantitative estimate of drug-likeness (QED) is 0.0847. The van der Waals surface area contributed by atoms with Crippen molar-refractivity contribution in [2.75, 3.05) is 0 Å². The maximum absolute atomic E-state index is 12.3. The topological polar surface area (TPSA) is 318 Å². The third-order valence-corrected chi connectivity index (χ3v) is 9.64. The number of H-pyrrole nitrogens is 2. The first-order chi connectivity index (χ1) is 26.9. The summed E-state index contributed by atoms with van der Waals surface area (Å²) in [6.07, 6.45) is -3.91. The van der Waals surface area contributed by atoms with E-state index in [0.29, 0.717) is 16.7 Å². The normalized spacial score (nSPS) is 12.5. The lowest BCUT2D eigenvalue weighted by Gasteiger charge is -2.06. The van der Waals surface area contributed by atoms with Crippen LogP contribution in [-0.2, 0) is 59.2 Å². The molecule has 3 aromatic heterocycles. The van der Waals surface area contributed by atoms with Gasteiger partial charge in [-0.05, 0) is 101 Å². The summed E-state index contributed by atoms with van der Waals surface area (Å²) in [6.45, 7) is 1.67. The highest BCUT2D eigenvalue weighted by Crippen LogP contribution is 2.39. The Balaban J connectivity index is 2.05. The van der Waals surface area contributed by atoms with Crippen LogP contribution in [0.25, 0.3) is 44.4 Å². The lowest BCUT2D eigenvalue weighted by Crippen LogP contribution is -2.04. The van der Waals surface area contributed by atoms with Gasteiger partial charge in [0.1, 0.15) is 0 Å². The zero-order valence-electron chi connectivity index (χ0n) is 30.5. The summed E-state index contributed by atoms with van der Waals surface area (Å²) in [5, 5.41) is 68.4. The van der Waals surface area contributed by atoms with Crippen LogP contribution in [0, 0.1) is 0 Å². The van der Waals surface area contributed by atoms with E-state index in [4.69, 9.17) is 9.97 Å². The second-order valence-electron chi connectivity index (χ2n) is 13.5.